The van der Waals surface area contributed by atoms with E-state index in [4.69, 9.17) is 5.73 Å². The lowest BCUT2D eigenvalue weighted by Gasteiger charge is -2.39. The fraction of sp³-hybridized carbons (Fsp3) is 1.00. The molecule has 2 fully saturated rings. The molecular weight excluding hydrogens is 212 g/mol. The maximum absolute atomic E-state index is 10.2. The molecule has 0 aromatic heterocycles. The summed E-state index contributed by atoms with van der Waals surface area (Å²) in [6, 6.07) is 0.441. The fourth-order valence-electron chi connectivity index (χ4n) is 3.50. The maximum atomic E-state index is 10.2. The molecule has 2 aliphatic rings. The lowest BCUT2D eigenvalue weighted by Crippen LogP contribution is -2.47. The average Bonchev–Trinajstić information content (AvgIpc) is 2.56. The van der Waals surface area contributed by atoms with Crippen molar-refractivity contribution < 1.29 is 5.11 Å². The van der Waals surface area contributed by atoms with Crippen LogP contribution in [0.25, 0.3) is 0 Å². The van der Waals surface area contributed by atoms with E-state index in [1.807, 2.05) is 0 Å². The minimum absolute atomic E-state index is 0.0800. The van der Waals surface area contributed by atoms with Crippen LogP contribution >= 0.6 is 0 Å². The van der Waals surface area contributed by atoms with Gasteiger partial charge in [-0.2, -0.15) is 0 Å². The number of nitrogens with two attached hydrogens (primary N) is 1. The molecule has 0 bridgehead atoms. The van der Waals surface area contributed by atoms with Crippen LogP contribution in [0.3, 0.4) is 0 Å². The zero-order valence-electron chi connectivity index (χ0n) is 11.0. The summed E-state index contributed by atoms with van der Waals surface area (Å²) < 4.78 is 0. The number of likely N-dealkylation sites (tertiary alicyclic amines) is 1. The molecule has 1 heterocycles. The number of hydrogen-bond donors (Lipinski definition) is 2. The predicted octanol–water partition coefficient (Wildman–Crippen LogP) is 1.74. The number of rotatable bonds is 3. The Morgan fingerprint density at radius 1 is 1.00 bits per heavy atom. The van der Waals surface area contributed by atoms with Gasteiger partial charge in [0.25, 0.3) is 0 Å². The molecule has 1 aliphatic heterocycles. The van der Waals surface area contributed by atoms with Gasteiger partial charge in [-0.1, -0.05) is 19.3 Å². The van der Waals surface area contributed by atoms with E-state index in [1.54, 1.807) is 0 Å². The molecule has 3 N–H and O–H groups in total. The number of aliphatic hydroxyl groups excluding tert-OH is 1. The third-order valence-electron chi connectivity index (χ3n) is 4.64. The lowest BCUT2D eigenvalue weighted by atomic mass is 9.91. The second kappa shape index (κ2) is 6.72. The maximum Gasteiger partial charge on any atom is 0.0695 e. The number of aliphatic hydroxyl groups is 1. The van der Waals surface area contributed by atoms with Crippen LogP contribution in [0.4, 0.5) is 0 Å². The highest BCUT2D eigenvalue weighted by molar-refractivity contribution is 4.85. The third-order valence-corrected chi connectivity index (χ3v) is 4.64. The first-order chi connectivity index (χ1) is 8.31. The molecule has 0 aromatic rings. The zero-order valence-corrected chi connectivity index (χ0v) is 11.0. The highest BCUT2D eigenvalue weighted by atomic mass is 16.3. The minimum atomic E-state index is -0.0800. The van der Waals surface area contributed by atoms with Crippen molar-refractivity contribution in [2.75, 3.05) is 19.6 Å². The number of piperidine rings is 1. The Morgan fingerprint density at radius 3 is 2.41 bits per heavy atom. The van der Waals surface area contributed by atoms with E-state index in [9.17, 15) is 5.11 Å². The van der Waals surface area contributed by atoms with Crippen LogP contribution in [-0.4, -0.2) is 41.8 Å². The van der Waals surface area contributed by atoms with Crippen molar-refractivity contribution in [1.29, 1.82) is 0 Å². The Morgan fingerprint density at radius 2 is 1.71 bits per heavy atom. The summed E-state index contributed by atoms with van der Waals surface area (Å²) in [6.07, 6.45) is 9.67. The Balaban J connectivity index is 1.82. The quantitative estimate of drug-likeness (QED) is 0.739. The molecule has 1 aliphatic carbocycles. The Bertz CT molecular complexity index is 214. The van der Waals surface area contributed by atoms with E-state index >= 15 is 0 Å². The van der Waals surface area contributed by atoms with Gasteiger partial charge in [-0.05, 0) is 57.7 Å². The van der Waals surface area contributed by atoms with Crippen molar-refractivity contribution in [3.05, 3.63) is 0 Å². The number of hydrogen-bond acceptors (Lipinski definition) is 3. The predicted molar refractivity (Wildman–Crippen MR) is 70.8 cm³/mol. The van der Waals surface area contributed by atoms with Crippen LogP contribution in [0, 0.1) is 5.92 Å². The summed E-state index contributed by atoms with van der Waals surface area (Å²) in [5.41, 5.74) is 5.63. The molecule has 2 rings (SSSR count). The molecule has 3 nitrogen and oxygen atoms in total. The Kier molecular flexibility index (Phi) is 5.26. The second-order valence-electron chi connectivity index (χ2n) is 5.83. The van der Waals surface area contributed by atoms with Gasteiger partial charge in [-0.15, -0.1) is 0 Å². The molecule has 0 spiro atoms. The van der Waals surface area contributed by atoms with Crippen LogP contribution in [0.5, 0.6) is 0 Å². The van der Waals surface area contributed by atoms with Gasteiger partial charge in [0.1, 0.15) is 0 Å². The lowest BCUT2D eigenvalue weighted by molar-refractivity contribution is 0.0246. The van der Waals surface area contributed by atoms with Gasteiger partial charge >= 0.3 is 0 Å². The summed E-state index contributed by atoms with van der Waals surface area (Å²) in [7, 11) is 0. The largest absolute Gasteiger partial charge is 0.391 e. The molecule has 0 aromatic carbocycles. The molecule has 17 heavy (non-hydrogen) atoms. The SMILES string of the molecule is NCCC1CCN(C2CCCCCC2O)CC1. The van der Waals surface area contributed by atoms with E-state index in [0.29, 0.717) is 6.04 Å². The molecule has 0 amide bonds. The third kappa shape index (κ3) is 3.67. The van der Waals surface area contributed by atoms with E-state index in [1.165, 1.54) is 58.0 Å². The first-order valence-corrected chi connectivity index (χ1v) is 7.43. The zero-order chi connectivity index (χ0) is 12.1. The summed E-state index contributed by atoms with van der Waals surface area (Å²) in [5, 5.41) is 10.2. The normalized spacial score (nSPS) is 33.5. The first kappa shape index (κ1) is 13.3. The van der Waals surface area contributed by atoms with Crippen molar-refractivity contribution in [1.82, 2.24) is 4.90 Å². The molecular formula is C14H28N2O. The van der Waals surface area contributed by atoms with Gasteiger partial charge in [0.15, 0.2) is 0 Å². The van der Waals surface area contributed by atoms with Crippen molar-refractivity contribution in [2.45, 2.75) is 63.5 Å². The Hall–Kier alpha value is -0.120. The fourth-order valence-corrected chi connectivity index (χ4v) is 3.50. The van der Waals surface area contributed by atoms with Crippen molar-refractivity contribution in [2.24, 2.45) is 11.7 Å². The smallest absolute Gasteiger partial charge is 0.0695 e. The van der Waals surface area contributed by atoms with Gasteiger partial charge in [-0.3, -0.25) is 4.90 Å². The standard InChI is InChI=1S/C14H28N2O/c15-9-6-12-7-10-16(11-8-12)13-4-2-1-3-5-14(13)17/h12-14,17H,1-11,15H2. The van der Waals surface area contributed by atoms with Crippen LogP contribution in [0.2, 0.25) is 0 Å². The molecule has 2 atom stereocenters. The van der Waals surface area contributed by atoms with Gasteiger partial charge in [0, 0.05) is 6.04 Å². The summed E-state index contributed by atoms with van der Waals surface area (Å²) in [5.74, 6) is 0.833. The van der Waals surface area contributed by atoms with Crippen LogP contribution in [0.1, 0.15) is 51.4 Å². The summed E-state index contributed by atoms with van der Waals surface area (Å²) in [4.78, 5) is 2.54. The molecule has 0 radical (unpaired) electrons. The van der Waals surface area contributed by atoms with Crippen LogP contribution < -0.4 is 5.73 Å². The minimum Gasteiger partial charge on any atom is -0.391 e. The van der Waals surface area contributed by atoms with Gasteiger partial charge < -0.3 is 10.8 Å². The van der Waals surface area contributed by atoms with Gasteiger partial charge in [-0.25, -0.2) is 0 Å². The molecule has 2 unspecified atom stereocenters. The summed E-state index contributed by atoms with van der Waals surface area (Å²) in [6.45, 7) is 3.18. The summed E-state index contributed by atoms with van der Waals surface area (Å²) >= 11 is 0. The van der Waals surface area contributed by atoms with E-state index in [2.05, 4.69) is 4.90 Å². The van der Waals surface area contributed by atoms with Crippen LogP contribution in [-0.2, 0) is 0 Å². The van der Waals surface area contributed by atoms with Crippen molar-refractivity contribution >= 4 is 0 Å². The van der Waals surface area contributed by atoms with Gasteiger partial charge in [0.2, 0.25) is 0 Å². The topological polar surface area (TPSA) is 49.5 Å². The second-order valence-corrected chi connectivity index (χ2v) is 5.83. The highest BCUT2D eigenvalue weighted by Crippen LogP contribution is 2.27. The number of nitrogens with zero attached hydrogens (tertiary/aromatic N) is 1. The van der Waals surface area contributed by atoms with E-state index < -0.39 is 0 Å². The highest BCUT2D eigenvalue weighted by Gasteiger charge is 2.30. The molecule has 3 heteroatoms. The molecule has 1 saturated heterocycles. The molecule has 1 saturated carbocycles. The first-order valence-electron chi connectivity index (χ1n) is 7.43. The van der Waals surface area contributed by atoms with Crippen molar-refractivity contribution in [3.8, 4) is 0 Å². The molecule has 100 valence electrons. The van der Waals surface area contributed by atoms with Crippen LogP contribution in [0.15, 0.2) is 0 Å². The van der Waals surface area contributed by atoms with Gasteiger partial charge in [0.05, 0.1) is 6.10 Å². The van der Waals surface area contributed by atoms with Crippen molar-refractivity contribution in [3.63, 3.8) is 0 Å². The monoisotopic (exact) mass is 240 g/mol. The Labute approximate surface area is 105 Å². The average molecular weight is 240 g/mol. The van der Waals surface area contributed by atoms with E-state index in [-0.39, 0.29) is 6.10 Å². The van der Waals surface area contributed by atoms with E-state index in [0.717, 1.165) is 18.9 Å².